The molecule has 0 aliphatic rings. The van der Waals surface area contributed by atoms with Crippen LogP contribution in [0.2, 0.25) is 0 Å². The van der Waals surface area contributed by atoms with E-state index in [0.717, 1.165) is 12.2 Å². The third-order valence-electron chi connectivity index (χ3n) is 3.01. The summed E-state index contributed by atoms with van der Waals surface area (Å²) in [5, 5.41) is 0. The Kier molecular flexibility index (Phi) is 7.03. The second kappa shape index (κ2) is 8.28. The van der Waals surface area contributed by atoms with E-state index < -0.39 is 0 Å². The quantitative estimate of drug-likeness (QED) is 0.669. The van der Waals surface area contributed by atoms with E-state index in [2.05, 4.69) is 32.9 Å². The lowest BCUT2D eigenvalue weighted by molar-refractivity contribution is -0.142. The number of rotatable bonds is 8. The molecule has 0 unspecified atom stereocenters. The van der Waals surface area contributed by atoms with Gasteiger partial charge in [-0.1, -0.05) is 39.0 Å². The Hall–Kier alpha value is -1.06. The van der Waals surface area contributed by atoms with Gasteiger partial charge in [0.2, 0.25) is 0 Å². The summed E-state index contributed by atoms with van der Waals surface area (Å²) < 4.78 is 17.0. The molecule has 0 fully saturated rings. The van der Waals surface area contributed by atoms with Gasteiger partial charge >= 0.3 is 0 Å². The molecule has 114 valence electrons. The molecule has 0 aliphatic carbocycles. The lowest BCUT2D eigenvalue weighted by Gasteiger charge is -2.23. The fourth-order valence-electron chi connectivity index (χ4n) is 2.06. The largest absolute Gasteiger partial charge is 0.493 e. The van der Waals surface area contributed by atoms with Crippen molar-refractivity contribution in [3.8, 4) is 5.75 Å². The molecule has 0 heterocycles. The summed E-state index contributed by atoms with van der Waals surface area (Å²) in [5.74, 6) is 0.951. The summed E-state index contributed by atoms with van der Waals surface area (Å²) in [4.78, 5) is 0. The minimum atomic E-state index is -0.174. The van der Waals surface area contributed by atoms with Crippen molar-refractivity contribution in [3.05, 3.63) is 29.8 Å². The van der Waals surface area contributed by atoms with E-state index in [1.165, 1.54) is 5.56 Å². The summed E-state index contributed by atoms with van der Waals surface area (Å²) >= 11 is 0. The molecule has 3 nitrogen and oxygen atoms in total. The van der Waals surface area contributed by atoms with Crippen molar-refractivity contribution in [1.82, 2.24) is 0 Å². The molecule has 0 N–H and O–H groups in total. The van der Waals surface area contributed by atoms with Crippen LogP contribution < -0.4 is 4.74 Å². The van der Waals surface area contributed by atoms with E-state index in [1.54, 1.807) is 0 Å². The molecule has 0 saturated carbocycles. The minimum absolute atomic E-state index is 0.0792. The van der Waals surface area contributed by atoms with Gasteiger partial charge < -0.3 is 14.2 Å². The van der Waals surface area contributed by atoms with Crippen molar-refractivity contribution >= 4 is 0 Å². The van der Waals surface area contributed by atoms with Crippen molar-refractivity contribution < 1.29 is 14.2 Å². The van der Waals surface area contributed by atoms with Crippen molar-refractivity contribution in [2.24, 2.45) is 0 Å². The van der Waals surface area contributed by atoms with Crippen molar-refractivity contribution in [2.75, 3.05) is 19.8 Å². The molecule has 0 aromatic heterocycles. The van der Waals surface area contributed by atoms with E-state index >= 15 is 0 Å². The van der Waals surface area contributed by atoms with Crippen LogP contribution in [0.3, 0.4) is 0 Å². The summed E-state index contributed by atoms with van der Waals surface area (Å²) in [5.41, 5.74) is 1.31. The fourth-order valence-corrected chi connectivity index (χ4v) is 2.06. The van der Waals surface area contributed by atoms with E-state index in [0.29, 0.717) is 19.8 Å². The van der Waals surface area contributed by atoms with Crippen LogP contribution in [-0.2, 0) is 14.9 Å². The Morgan fingerprint density at radius 2 is 1.60 bits per heavy atom. The third kappa shape index (κ3) is 5.51. The molecule has 0 amide bonds. The Morgan fingerprint density at radius 1 is 1.00 bits per heavy atom. The Labute approximate surface area is 123 Å². The third-order valence-corrected chi connectivity index (χ3v) is 3.01. The maximum absolute atomic E-state index is 5.93. The summed E-state index contributed by atoms with van der Waals surface area (Å²) in [6.07, 6.45) is 0.562. The van der Waals surface area contributed by atoms with Crippen LogP contribution in [-0.4, -0.2) is 26.1 Å². The van der Waals surface area contributed by atoms with Gasteiger partial charge in [-0.05, 0) is 30.9 Å². The molecule has 0 bridgehead atoms. The highest BCUT2D eigenvalue weighted by Crippen LogP contribution is 2.31. The molecular formula is C17H28O3. The van der Waals surface area contributed by atoms with Crippen LogP contribution >= 0.6 is 0 Å². The topological polar surface area (TPSA) is 27.7 Å². The molecule has 3 heteroatoms. The van der Waals surface area contributed by atoms with E-state index in [-0.39, 0.29) is 11.7 Å². The lowest BCUT2D eigenvalue weighted by Crippen LogP contribution is -2.21. The Balaban J connectivity index is 2.57. The monoisotopic (exact) mass is 280 g/mol. The van der Waals surface area contributed by atoms with Gasteiger partial charge in [0.1, 0.15) is 5.75 Å². The highest BCUT2D eigenvalue weighted by atomic mass is 16.7. The van der Waals surface area contributed by atoms with Gasteiger partial charge in [-0.2, -0.15) is 0 Å². The first-order chi connectivity index (χ1) is 9.49. The number of hydrogen-bond acceptors (Lipinski definition) is 3. The molecule has 1 aromatic carbocycles. The fraction of sp³-hybridized carbons (Fsp3) is 0.647. The maximum atomic E-state index is 5.93. The number of ether oxygens (including phenoxy) is 3. The summed E-state index contributed by atoms with van der Waals surface area (Å²) in [6.45, 7) is 12.4. The van der Waals surface area contributed by atoms with Crippen LogP contribution in [0, 0.1) is 0 Å². The predicted octanol–water partition coefficient (Wildman–Crippen LogP) is 4.15. The highest BCUT2D eigenvalue weighted by molar-refractivity contribution is 5.38. The molecule has 0 spiro atoms. The molecule has 0 radical (unpaired) electrons. The normalized spacial score (nSPS) is 11.9. The molecule has 20 heavy (non-hydrogen) atoms. The number of benzene rings is 1. The van der Waals surface area contributed by atoms with Gasteiger partial charge in [0, 0.05) is 19.6 Å². The minimum Gasteiger partial charge on any atom is -0.493 e. The molecule has 0 atom stereocenters. The van der Waals surface area contributed by atoms with E-state index in [1.807, 2.05) is 26.0 Å². The Bertz CT molecular complexity index is 376. The van der Waals surface area contributed by atoms with Crippen molar-refractivity contribution in [1.29, 1.82) is 0 Å². The van der Waals surface area contributed by atoms with Crippen molar-refractivity contribution in [2.45, 2.75) is 52.7 Å². The smallest absolute Gasteiger partial charge is 0.160 e. The second-order valence-electron chi connectivity index (χ2n) is 5.72. The van der Waals surface area contributed by atoms with Gasteiger partial charge in [-0.3, -0.25) is 0 Å². The van der Waals surface area contributed by atoms with Gasteiger partial charge in [0.15, 0.2) is 6.29 Å². The van der Waals surface area contributed by atoms with E-state index in [9.17, 15) is 0 Å². The zero-order chi connectivity index (χ0) is 15.0. The van der Waals surface area contributed by atoms with Crippen LogP contribution in [0.5, 0.6) is 5.75 Å². The zero-order valence-corrected chi connectivity index (χ0v) is 13.4. The van der Waals surface area contributed by atoms with Crippen LogP contribution in [0.4, 0.5) is 0 Å². The van der Waals surface area contributed by atoms with Crippen LogP contribution in [0.25, 0.3) is 0 Å². The SMILES string of the molecule is CCOC(CCOc1ccccc1C(C)(C)C)OCC. The number of hydrogen-bond donors (Lipinski definition) is 0. The highest BCUT2D eigenvalue weighted by Gasteiger charge is 2.18. The van der Waals surface area contributed by atoms with Gasteiger partial charge in [0.05, 0.1) is 6.61 Å². The molecule has 0 saturated heterocycles. The van der Waals surface area contributed by atoms with E-state index in [4.69, 9.17) is 14.2 Å². The zero-order valence-electron chi connectivity index (χ0n) is 13.4. The first-order valence-corrected chi connectivity index (χ1v) is 7.44. The number of para-hydroxylation sites is 1. The van der Waals surface area contributed by atoms with Gasteiger partial charge in [0.25, 0.3) is 0 Å². The molecule has 1 rings (SSSR count). The standard InChI is InChI=1S/C17H28O3/c1-6-18-16(19-7-2)12-13-20-15-11-9-8-10-14(15)17(3,4)5/h8-11,16H,6-7,12-13H2,1-5H3. The molecule has 1 aromatic rings. The van der Waals surface area contributed by atoms with Crippen LogP contribution in [0.1, 0.15) is 46.6 Å². The van der Waals surface area contributed by atoms with Gasteiger partial charge in [-0.15, -0.1) is 0 Å². The summed E-state index contributed by atoms with van der Waals surface area (Å²) in [7, 11) is 0. The maximum Gasteiger partial charge on any atom is 0.160 e. The lowest BCUT2D eigenvalue weighted by atomic mass is 9.86. The summed E-state index contributed by atoms with van der Waals surface area (Å²) in [6, 6.07) is 8.21. The first kappa shape index (κ1) is 17.0. The van der Waals surface area contributed by atoms with Gasteiger partial charge in [-0.25, -0.2) is 0 Å². The van der Waals surface area contributed by atoms with Crippen molar-refractivity contribution in [3.63, 3.8) is 0 Å². The first-order valence-electron chi connectivity index (χ1n) is 7.44. The average Bonchev–Trinajstić information content (AvgIpc) is 2.38. The molecular weight excluding hydrogens is 252 g/mol. The molecule has 0 aliphatic heterocycles. The predicted molar refractivity (Wildman–Crippen MR) is 82.3 cm³/mol. The second-order valence-corrected chi connectivity index (χ2v) is 5.72. The Morgan fingerprint density at radius 3 is 2.15 bits per heavy atom. The van der Waals surface area contributed by atoms with Crippen LogP contribution in [0.15, 0.2) is 24.3 Å². The average molecular weight is 280 g/mol.